The first kappa shape index (κ1) is 20.7. The van der Waals surface area contributed by atoms with Crippen LogP contribution < -0.4 is 16.0 Å². The molecule has 0 heterocycles. The minimum absolute atomic E-state index is 0.0767. The fourth-order valence-electron chi connectivity index (χ4n) is 2.12. The van der Waals surface area contributed by atoms with Crippen LogP contribution in [0.3, 0.4) is 0 Å². The Kier molecular flexibility index (Phi) is 6.44. The number of benzene rings is 2. The number of hydrogen-bond donors (Lipinski definition) is 3. The number of hydrogen-bond acceptors (Lipinski definition) is 3. The van der Waals surface area contributed by atoms with Gasteiger partial charge in [0, 0.05) is 16.8 Å². The van der Waals surface area contributed by atoms with E-state index in [0.717, 1.165) is 11.8 Å². The van der Waals surface area contributed by atoms with Gasteiger partial charge in [0.2, 0.25) is 11.8 Å². The van der Waals surface area contributed by atoms with Gasteiger partial charge in [-0.25, -0.2) is 4.39 Å². The van der Waals surface area contributed by atoms with E-state index in [2.05, 4.69) is 16.0 Å². The summed E-state index contributed by atoms with van der Waals surface area (Å²) < 4.78 is 13.1. The van der Waals surface area contributed by atoms with Gasteiger partial charge >= 0.3 is 0 Å². The van der Waals surface area contributed by atoms with E-state index in [4.69, 9.17) is 11.6 Å². The summed E-state index contributed by atoms with van der Waals surface area (Å²) in [5.41, 5.74) is 1.26. The predicted molar refractivity (Wildman–Crippen MR) is 108 cm³/mol. The van der Waals surface area contributed by atoms with Crippen molar-refractivity contribution in [3.8, 4) is 0 Å². The van der Waals surface area contributed by atoms with Crippen LogP contribution in [0.15, 0.2) is 42.5 Å². The van der Waals surface area contributed by atoms with Crippen LogP contribution in [-0.4, -0.2) is 17.9 Å². The van der Waals surface area contributed by atoms with Gasteiger partial charge < -0.3 is 16.0 Å². The zero-order valence-electron chi connectivity index (χ0n) is 15.7. The summed E-state index contributed by atoms with van der Waals surface area (Å²) in [4.78, 5) is 24.3. The Labute approximate surface area is 163 Å². The summed E-state index contributed by atoms with van der Waals surface area (Å²) in [6.07, 6.45) is 0. The van der Waals surface area contributed by atoms with E-state index in [1.807, 2.05) is 20.8 Å². The van der Waals surface area contributed by atoms with Gasteiger partial charge in [-0.1, -0.05) is 32.4 Å². The SMILES string of the molecule is CC(Nc1ccc(NC(=O)C(C)(C)C)cc1)C(=O)Nc1ccc(F)cc1Cl. The van der Waals surface area contributed by atoms with Gasteiger partial charge in [0.1, 0.15) is 11.9 Å². The molecule has 1 unspecified atom stereocenters. The molecule has 2 aromatic rings. The molecule has 0 bridgehead atoms. The van der Waals surface area contributed by atoms with Crippen molar-refractivity contribution in [1.29, 1.82) is 0 Å². The summed E-state index contributed by atoms with van der Waals surface area (Å²) in [6.45, 7) is 7.21. The number of rotatable bonds is 5. The smallest absolute Gasteiger partial charge is 0.246 e. The largest absolute Gasteiger partial charge is 0.374 e. The highest BCUT2D eigenvalue weighted by Gasteiger charge is 2.21. The van der Waals surface area contributed by atoms with E-state index in [1.54, 1.807) is 31.2 Å². The normalized spacial score (nSPS) is 12.2. The van der Waals surface area contributed by atoms with Crippen LogP contribution in [-0.2, 0) is 9.59 Å². The van der Waals surface area contributed by atoms with Crippen molar-refractivity contribution < 1.29 is 14.0 Å². The van der Waals surface area contributed by atoms with Crippen molar-refractivity contribution in [2.75, 3.05) is 16.0 Å². The molecule has 2 aromatic carbocycles. The van der Waals surface area contributed by atoms with E-state index in [-0.39, 0.29) is 16.8 Å². The van der Waals surface area contributed by atoms with E-state index in [1.165, 1.54) is 12.1 Å². The van der Waals surface area contributed by atoms with E-state index >= 15 is 0 Å². The molecule has 0 aromatic heterocycles. The van der Waals surface area contributed by atoms with Crippen LogP contribution in [0.4, 0.5) is 21.5 Å². The Balaban J connectivity index is 1.95. The molecule has 0 aliphatic carbocycles. The summed E-state index contributed by atoms with van der Waals surface area (Å²) in [7, 11) is 0. The lowest BCUT2D eigenvalue weighted by Crippen LogP contribution is -2.32. The molecule has 0 radical (unpaired) electrons. The second-order valence-electron chi connectivity index (χ2n) is 7.26. The lowest BCUT2D eigenvalue weighted by atomic mass is 9.95. The zero-order valence-corrected chi connectivity index (χ0v) is 16.4. The van der Waals surface area contributed by atoms with Crippen LogP contribution >= 0.6 is 11.6 Å². The molecule has 0 fully saturated rings. The molecular formula is C20H23ClFN3O2. The first-order valence-corrected chi connectivity index (χ1v) is 8.88. The van der Waals surface area contributed by atoms with Gasteiger partial charge in [-0.15, -0.1) is 0 Å². The third kappa shape index (κ3) is 5.96. The van der Waals surface area contributed by atoms with Crippen LogP contribution in [0, 0.1) is 11.2 Å². The van der Waals surface area contributed by atoms with Gasteiger partial charge in [0.05, 0.1) is 10.7 Å². The van der Waals surface area contributed by atoms with Crippen LogP contribution in [0.25, 0.3) is 0 Å². The average Bonchev–Trinajstić information content (AvgIpc) is 2.58. The molecule has 27 heavy (non-hydrogen) atoms. The van der Waals surface area contributed by atoms with Gasteiger partial charge in [0.25, 0.3) is 0 Å². The number of carbonyl (C=O) groups is 2. The standard InChI is InChI=1S/C20H23ClFN3O2/c1-12(18(26)25-17-10-5-13(22)11-16(17)21)23-14-6-8-15(9-7-14)24-19(27)20(2,3)4/h5-12,23H,1-4H3,(H,24,27)(H,25,26). The second kappa shape index (κ2) is 8.39. The van der Waals surface area contributed by atoms with Crippen molar-refractivity contribution in [1.82, 2.24) is 0 Å². The van der Waals surface area contributed by atoms with Crippen LogP contribution in [0.1, 0.15) is 27.7 Å². The molecule has 0 saturated carbocycles. The molecule has 2 rings (SSSR count). The van der Waals surface area contributed by atoms with Crippen molar-refractivity contribution in [3.63, 3.8) is 0 Å². The second-order valence-corrected chi connectivity index (χ2v) is 7.67. The number of carbonyl (C=O) groups excluding carboxylic acids is 2. The summed E-state index contributed by atoms with van der Waals surface area (Å²) in [5, 5.41) is 8.69. The van der Waals surface area contributed by atoms with E-state index < -0.39 is 17.3 Å². The molecule has 5 nitrogen and oxygen atoms in total. The molecule has 7 heteroatoms. The van der Waals surface area contributed by atoms with Gasteiger partial charge in [0.15, 0.2) is 0 Å². The number of nitrogens with one attached hydrogen (secondary N) is 3. The van der Waals surface area contributed by atoms with Crippen molar-refractivity contribution in [3.05, 3.63) is 53.3 Å². The van der Waals surface area contributed by atoms with Crippen molar-refractivity contribution >= 4 is 40.5 Å². The number of anilines is 3. The highest BCUT2D eigenvalue weighted by atomic mass is 35.5. The maximum absolute atomic E-state index is 13.1. The molecule has 0 aliphatic heterocycles. The van der Waals surface area contributed by atoms with E-state index in [9.17, 15) is 14.0 Å². The average molecular weight is 392 g/mol. The van der Waals surface area contributed by atoms with Gasteiger partial charge in [-0.2, -0.15) is 0 Å². The highest BCUT2D eigenvalue weighted by molar-refractivity contribution is 6.33. The fourth-order valence-corrected chi connectivity index (χ4v) is 2.33. The van der Waals surface area contributed by atoms with Crippen molar-refractivity contribution in [2.45, 2.75) is 33.7 Å². The van der Waals surface area contributed by atoms with Crippen LogP contribution in [0.2, 0.25) is 5.02 Å². The summed E-state index contributed by atoms with van der Waals surface area (Å²) >= 11 is 5.92. The first-order valence-electron chi connectivity index (χ1n) is 8.50. The Morgan fingerprint density at radius 1 is 1.00 bits per heavy atom. The van der Waals surface area contributed by atoms with Gasteiger partial charge in [-0.05, 0) is 49.4 Å². The van der Waals surface area contributed by atoms with Crippen LogP contribution in [0.5, 0.6) is 0 Å². The van der Waals surface area contributed by atoms with Crippen molar-refractivity contribution in [2.24, 2.45) is 5.41 Å². The lowest BCUT2D eigenvalue weighted by Gasteiger charge is -2.18. The van der Waals surface area contributed by atoms with Gasteiger partial charge in [-0.3, -0.25) is 9.59 Å². The molecule has 2 amide bonds. The topological polar surface area (TPSA) is 70.2 Å². The monoisotopic (exact) mass is 391 g/mol. The maximum atomic E-state index is 13.1. The third-order valence-corrected chi connectivity index (χ3v) is 4.10. The predicted octanol–water partition coefficient (Wildman–Crippen LogP) is 4.90. The minimum atomic E-state index is -0.555. The Morgan fingerprint density at radius 3 is 2.15 bits per heavy atom. The third-order valence-electron chi connectivity index (χ3n) is 3.79. The fraction of sp³-hybridized carbons (Fsp3) is 0.300. The zero-order chi connectivity index (χ0) is 20.2. The minimum Gasteiger partial charge on any atom is -0.374 e. The molecule has 144 valence electrons. The highest BCUT2D eigenvalue weighted by Crippen LogP contribution is 2.23. The first-order chi connectivity index (χ1) is 12.6. The number of amides is 2. The Morgan fingerprint density at radius 2 is 1.59 bits per heavy atom. The Bertz CT molecular complexity index is 832. The summed E-state index contributed by atoms with van der Waals surface area (Å²) in [5.74, 6) is -0.858. The van der Waals surface area contributed by atoms with E-state index in [0.29, 0.717) is 11.4 Å². The molecular weight excluding hydrogens is 369 g/mol. The molecule has 3 N–H and O–H groups in total. The molecule has 0 aliphatic rings. The Hall–Kier alpha value is -2.60. The lowest BCUT2D eigenvalue weighted by molar-refractivity contribution is -0.123. The molecule has 0 spiro atoms. The maximum Gasteiger partial charge on any atom is 0.246 e. The molecule has 1 atom stereocenters. The molecule has 0 saturated heterocycles. The summed E-state index contributed by atoms with van der Waals surface area (Å²) in [6, 6.07) is 10.3. The number of halogens is 2. The quantitative estimate of drug-likeness (QED) is 0.678.